The summed E-state index contributed by atoms with van der Waals surface area (Å²) in [5, 5.41) is 15.5. The predicted molar refractivity (Wildman–Crippen MR) is 91.6 cm³/mol. The highest BCUT2D eigenvalue weighted by Crippen LogP contribution is 2.36. The van der Waals surface area contributed by atoms with E-state index in [1.807, 2.05) is 30.3 Å². The van der Waals surface area contributed by atoms with Crippen molar-refractivity contribution < 1.29 is 9.90 Å². The van der Waals surface area contributed by atoms with Crippen LogP contribution in [0.5, 0.6) is 5.75 Å². The van der Waals surface area contributed by atoms with Gasteiger partial charge in [-0.15, -0.1) is 0 Å². The summed E-state index contributed by atoms with van der Waals surface area (Å²) in [6.07, 6.45) is 0. The van der Waals surface area contributed by atoms with Gasteiger partial charge in [0, 0.05) is 10.6 Å². The zero-order valence-corrected chi connectivity index (χ0v) is 12.9. The molecule has 116 valence electrons. The molecule has 0 fully saturated rings. The van der Waals surface area contributed by atoms with Crippen LogP contribution in [0.25, 0.3) is 10.8 Å². The highest BCUT2D eigenvalue weighted by atomic mass is 35.5. The number of aromatic hydroxyl groups is 1. The number of amides is 2. The third-order valence-corrected chi connectivity index (χ3v) is 3.98. The number of benzene rings is 3. The molecular formula is C18H15ClN2O2. The molecule has 0 spiro atoms. The third kappa shape index (κ3) is 3.07. The van der Waals surface area contributed by atoms with E-state index in [4.69, 9.17) is 17.3 Å². The van der Waals surface area contributed by atoms with E-state index >= 15 is 0 Å². The first-order valence-corrected chi connectivity index (χ1v) is 7.46. The maximum atomic E-state index is 11.5. The van der Waals surface area contributed by atoms with Gasteiger partial charge in [-0.2, -0.15) is 0 Å². The first kappa shape index (κ1) is 15.2. The van der Waals surface area contributed by atoms with Crippen LogP contribution in [0.15, 0.2) is 60.7 Å². The Kier molecular flexibility index (Phi) is 4.08. The minimum atomic E-state index is -0.669. The van der Waals surface area contributed by atoms with Gasteiger partial charge in [-0.3, -0.25) is 0 Å². The van der Waals surface area contributed by atoms with Gasteiger partial charge in [-0.05, 0) is 34.5 Å². The molecular weight excluding hydrogens is 312 g/mol. The van der Waals surface area contributed by atoms with Crippen molar-refractivity contribution in [3.63, 3.8) is 0 Å². The van der Waals surface area contributed by atoms with Crippen LogP contribution in [-0.2, 0) is 0 Å². The van der Waals surface area contributed by atoms with Gasteiger partial charge in [-0.25, -0.2) is 4.79 Å². The van der Waals surface area contributed by atoms with Crippen molar-refractivity contribution >= 4 is 28.4 Å². The Morgan fingerprint density at radius 1 is 1.04 bits per heavy atom. The number of nitrogens with two attached hydrogens (primary N) is 1. The van der Waals surface area contributed by atoms with Crippen LogP contribution in [0.4, 0.5) is 4.79 Å². The fourth-order valence-corrected chi connectivity index (χ4v) is 2.83. The van der Waals surface area contributed by atoms with E-state index in [-0.39, 0.29) is 5.75 Å². The van der Waals surface area contributed by atoms with E-state index < -0.39 is 12.1 Å². The average molecular weight is 327 g/mol. The number of rotatable bonds is 3. The van der Waals surface area contributed by atoms with Crippen molar-refractivity contribution in [2.75, 3.05) is 0 Å². The topological polar surface area (TPSA) is 75.4 Å². The molecule has 23 heavy (non-hydrogen) atoms. The number of fused-ring (bicyclic) bond motifs is 1. The normalized spacial score (nSPS) is 12.0. The van der Waals surface area contributed by atoms with E-state index in [0.29, 0.717) is 10.6 Å². The Bertz CT molecular complexity index is 863. The number of hydrogen-bond donors (Lipinski definition) is 3. The van der Waals surface area contributed by atoms with Gasteiger partial charge in [0.2, 0.25) is 0 Å². The van der Waals surface area contributed by atoms with Crippen LogP contribution in [0.2, 0.25) is 5.02 Å². The summed E-state index contributed by atoms with van der Waals surface area (Å²) < 4.78 is 0. The number of phenols is 1. The van der Waals surface area contributed by atoms with Gasteiger partial charge >= 0.3 is 6.03 Å². The summed E-state index contributed by atoms with van der Waals surface area (Å²) in [5.41, 5.74) is 6.71. The molecule has 2 amide bonds. The Labute approximate surface area is 138 Å². The molecule has 1 atom stereocenters. The van der Waals surface area contributed by atoms with E-state index in [1.165, 1.54) is 0 Å². The van der Waals surface area contributed by atoms with Gasteiger partial charge in [-0.1, -0.05) is 54.1 Å². The quantitative estimate of drug-likeness (QED) is 0.681. The van der Waals surface area contributed by atoms with Gasteiger partial charge in [0.1, 0.15) is 5.75 Å². The predicted octanol–water partition coefficient (Wildman–Crippen LogP) is 3.96. The lowest BCUT2D eigenvalue weighted by Crippen LogP contribution is -2.34. The lowest BCUT2D eigenvalue weighted by molar-refractivity contribution is 0.247. The molecule has 0 unspecified atom stereocenters. The molecule has 0 bridgehead atoms. The number of carbonyl (C=O) groups is 1. The van der Waals surface area contributed by atoms with Crippen molar-refractivity contribution in [3.8, 4) is 5.75 Å². The van der Waals surface area contributed by atoms with Crippen molar-refractivity contribution in [3.05, 3.63) is 76.8 Å². The SMILES string of the molecule is NC(=O)N[C@@H](c1ccc(Cl)cc1)c1c(O)ccc2ccccc12. The lowest BCUT2D eigenvalue weighted by Gasteiger charge is -2.21. The fraction of sp³-hybridized carbons (Fsp3) is 0.0556. The monoisotopic (exact) mass is 326 g/mol. The number of carbonyl (C=O) groups excluding carboxylic acids is 1. The van der Waals surface area contributed by atoms with E-state index in [0.717, 1.165) is 16.3 Å². The zero-order chi connectivity index (χ0) is 16.4. The van der Waals surface area contributed by atoms with Crippen LogP contribution < -0.4 is 11.1 Å². The summed E-state index contributed by atoms with van der Waals surface area (Å²) in [7, 11) is 0. The highest BCUT2D eigenvalue weighted by molar-refractivity contribution is 6.30. The van der Waals surface area contributed by atoms with Crippen molar-refractivity contribution in [1.82, 2.24) is 5.32 Å². The number of hydrogen-bond acceptors (Lipinski definition) is 2. The van der Waals surface area contributed by atoms with Gasteiger partial charge in [0.25, 0.3) is 0 Å². The molecule has 4 nitrogen and oxygen atoms in total. The van der Waals surface area contributed by atoms with Crippen molar-refractivity contribution in [1.29, 1.82) is 0 Å². The third-order valence-electron chi connectivity index (χ3n) is 3.73. The Morgan fingerprint density at radius 2 is 1.74 bits per heavy atom. The van der Waals surface area contributed by atoms with E-state index in [1.54, 1.807) is 30.3 Å². The number of primary amides is 1. The van der Waals surface area contributed by atoms with Crippen molar-refractivity contribution in [2.45, 2.75) is 6.04 Å². The van der Waals surface area contributed by atoms with E-state index in [2.05, 4.69) is 5.32 Å². The van der Waals surface area contributed by atoms with Crippen LogP contribution in [-0.4, -0.2) is 11.1 Å². The molecule has 0 aromatic heterocycles. The molecule has 4 N–H and O–H groups in total. The molecule has 0 radical (unpaired) electrons. The molecule has 5 heteroatoms. The minimum absolute atomic E-state index is 0.0948. The Balaban J connectivity index is 2.22. The van der Waals surface area contributed by atoms with Gasteiger partial charge in [0.15, 0.2) is 0 Å². The number of urea groups is 1. The molecule has 3 aromatic carbocycles. The molecule has 0 heterocycles. The molecule has 0 aliphatic rings. The Hall–Kier alpha value is -2.72. The average Bonchev–Trinajstić information content (AvgIpc) is 2.54. The van der Waals surface area contributed by atoms with Crippen LogP contribution in [0.1, 0.15) is 17.2 Å². The maximum Gasteiger partial charge on any atom is 0.312 e. The molecule has 0 aliphatic carbocycles. The first-order chi connectivity index (χ1) is 11.1. The molecule has 0 saturated carbocycles. The Morgan fingerprint density at radius 3 is 2.43 bits per heavy atom. The molecule has 3 aromatic rings. The van der Waals surface area contributed by atoms with E-state index in [9.17, 15) is 9.90 Å². The summed E-state index contributed by atoms with van der Waals surface area (Å²) in [5.74, 6) is 0.0948. The van der Waals surface area contributed by atoms with Crippen molar-refractivity contribution in [2.24, 2.45) is 5.73 Å². The molecule has 0 aliphatic heterocycles. The number of halogens is 1. The highest BCUT2D eigenvalue weighted by Gasteiger charge is 2.21. The number of nitrogens with one attached hydrogen (secondary N) is 1. The standard InChI is InChI=1S/C18H15ClN2O2/c19-13-8-5-12(6-9-13)17(21-18(20)23)16-14-4-2-1-3-11(14)7-10-15(16)22/h1-10,17,22H,(H3,20,21,23)/t17-/m0/s1. The molecule has 3 rings (SSSR count). The summed E-state index contributed by atoms with van der Waals surface area (Å²) >= 11 is 5.93. The second kappa shape index (κ2) is 6.18. The zero-order valence-electron chi connectivity index (χ0n) is 12.2. The molecule has 0 saturated heterocycles. The van der Waals surface area contributed by atoms with Crippen LogP contribution in [0.3, 0.4) is 0 Å². The van der Waals surface area contributed by atoms with Crippen LogP contribution >= 0.6 is 11.6 Å². The van der Waals surface area contributed by atoms with Gasteiger partial charge < -0.3 is 16.2 Å². The summed E-state index contributed by atoms with van der Waals surface area (Å²) in [6, 6.07) is 16.9. The number of phenolic OH excluding ortho intramolecular Hbond substituents is 1. The van der Waals surface area contributed by atoms with Crippen LogP contribution in [0, 0.1) is 0 Å². The second-order valence-corrected chi connectivity index (χ2v) is 5.65. The summed E-state index contributed by atoms with van der Waals surface area (Å²) in [6.45, 7) is 0. The minimum Gasteiger partial charge on any atom is -0.508 e. The lowest BCUT2D eigenvalue weighted by atomic mass is 9.93. The largest absolute Gasteiger partial charge is 0.508 e. The maximum absolute atomic E-state index is 11.5. The smallest absolute Gasteiger partial charge is 0.312 e. The first-order valence-electron chi connectivity index (χ1n) is 7.08. The fourth-order valence-electron chi connectivity index (χ4n) is 2.71. The van der Waals surface area contributed by atoms with Gasteiger partial charge in [0.05, 0.1) is 6.04 Å². The second-order valence-electron chi connectivity index (χ2n) is 5.21. The summed E-state index contributed by atoms with van der Waals surface area (Å²) in [4.78, 5) is 11.5.